The first-order chi connectivity index (χ1) is 6.24. The molecule has 1 heteroatoms. The first-order valence-corrected chi connectivity index (χ1v) is 6.10. The van der Waals surface area contributed by atoms with Crippen molar-refractivity contribution in [2.75, 3.05) is 6.26 Å². The van der Waals surface area contributed by atoms with E-state index in [-0.39, 0.29) is 0 Å². The van der Waals surface area contributed by atoms with E-state index < -0.39 is 0 Å². The summed E-state index contributed by atoms with van der Waals surface area (Å²) >= 11 is 1.79. The largest absolute Gasteiger partial charge is 0.130 e. The van der Waals surface area contributed by atoms with Gasteiger partial charge in [0, 0.05) is 4.90 Å². The van der Waals surface area contributed by atoms with E-state index in [9.17, 15) is 0 Å². The molecule has 13 heavy (non-hydrogen) atoms. The molecule has 0 N–H and O–H groups in total. The zero-order valence-corrected chi connectivity index (χ0v) is 10.1. The molecule has 1 aromatic rings. The summed E-state index contributed by atoms with van der Waals surface area (Å²) in [4.78, 5) is 1.34. The fraction of sp³-hybridized carbons (Fsp3) is 0.500. The van der Waals surface area contributed by atoms with Gasteiger partial charge >= 0.3 is 0 Å². The molecule has 0 aliphatic rings. The average molecular weight is 196 g/mol. The van der Waals surface area contributed by atoms with Crippen LogP contribution in [0.4, 0.5) is 0 Å². The molecule has 0 aliphatic heterocycles. The van der Waals surface area contributed by atoms with Crippen molar-refractivity contribution < 1.29 is 0 Å². The van der Waals surface area contributed by atoms with Gasteiger partial charge in [0.05, 0.1) is 0 Å². The van der Waals surface area contributed by atoms with Crippen LogP contribution in [0.1, 0.15) is 39.2 Å². The molecule has 0 fully saturated rings. The Morgan fingerprint density at radius 1 is 1.00 bits per heavy atom. The van der Waals surface area contributed by atoms with Crippen LogP contribution < -0.4 is 0 Å². The molecule has 1 aromatic carbocycles. The van der Waals surface area contributed by atoms with Crippen LogP contribution in [0.2, 0.25) is 0 Å². The summed E-state index contributed by atoms with van der Waals surface area (Å²) in [5, 5.41) is 0. The summed E-state index contributed by atoms with van der Waals surface area (Å²) in [5.74, 6) is 0.644. The van der Waals surface area contributed by atoms with Gasteiger partial charge in [-0.2, -0.15) is 0 Å². The van der Waals surface area contributed by atoms with Crippen LogP contribution in [-0.4, -0.2) is 6.26 Å². The number of hydrogen-bond acceptors (Lipinski definition) is 1. The van der Waals surface area contributed by atoms with E-state index in [4.69, 9.17) is 0 Å². The lowest BCUT2D eigenvalue weighted by atomic mass is 10.0. The Balaban J connectivity index is 0.000000671. The fourth-order valence-electron chi connectivity index (χ4n) is 0.989. The van der Waals surface area contributed by atoms with Gasteiger partial charge in [0.1, 0.15) is 0 Å². The number of hydrogen-bond donors (Lipinski definition) is 0. The Kier molecular flexibility index (Phi) is 6.79. The van der Waals surface area contributed by atoms with Crippen LogP contribution in [-0.2, 0) is 0 Å². The van der Waals surface area contributed by atoms with Gasteiger partial charge in [0.15, 0.2) is 0 Å². The normalized spacial score (nSPS) is 9.38. The Morgan fingerprint density at radius 2 is 1.46 bits per heavy atom. The van der Waals surface area contributed by atoms with E-state index in [0.717, 1.165) is 0 Å². The minimum atomic E-state index is 0.644. The second-order valence-electron chi connectivity index (χ2n) is 2.93. The molecule has 0 nitrogen and oxygen atoms in total. The molecule has 0 saturated carbocycles. The molecule has 0 aliphatic carbocycles. The molecule has 0 spiro atoms. The van der Waals surface area contributed by atoms with Crippen LogP contribution >= 0.6 is 11.8 Å². The molecule has 0 unspecified atom stereocenters. The van der Waals surface area contributed by atoms with Crippen molar-refractivity contribution in [1.82, 2.24) is 0 Å². The monoisotopic (exact) mass is 196 g/mol. The van der Waals surface area contributed by atoms with Crippen LogP contribution in [0.15, 0.2) is 29.2 Å². The highest BCUT2D eigenvalue weighted by molar-refractivity contribution is 7.98. The molecular weight excluding hydrogens is 176 g/mol. The van der Waals surface area contributed by atoms with E-state index in [1.54, 1.807) is 11.8 Å². The quantitative estimate of drug-likeness (QED) is 0.625. The van der Waals surface area contributed by atoms with Crippen LogP contribution in [0.3, 0.4) is 0 Å². The zero-order chi connectivity index (χ0) is 10.3. The van der Waals surface area contributed by atoms with E-state index in [2.05, 4.69) is 44.4 Å². The summed E-state index contributed by atoms with van der Waals surface area (Å²) in [6.45, 7) is 8.43. The third-order valence-electron chi connectivity index (χ3n) is 1.78. The highest BCUT2D eigenvalue weighted by Crippen LogP contribution is 2.19. The van der Waals surface area contributed by atoms with Crippen molar-refractivity contribution in [2.45, 2.75) is 38.5 Å². The molecule has 0 saturated heterocycles. The van der Waals surface area contributed by atoms with Crippen molar-refractivity contribution in [1.29, 1.82) is 0 Å². The highest BCUT2D eigenvalue weighted by atomic mass is 32.2. The minimum Gasteiger partial charge on any atom is -0.130 e. The average Bonchev–Trinajstić information content (AvgIpc) is 2.21. The Labute approximate surface area is 86.7 Å². The zero-order valence-electron chi connectivity index (χ0n) is 9.29. The fourth-order valence-corrected chi connectivity index (χ4v) is 1.40. The first-order valence-electron chi connectivity index (χ1n) is 4.88. The lowest BCUT2D eigenvalue weighted by molar-refractivity contribution is 0.865. The van der Waals surface area contributed by atoms with Gasteiger partial charge in [-0.15, -0.1) is 11.8 Å². The predicted molar refractivity (Wildman–Crippen MR) is 63.7 cm³/mol. The summed E-state index contributed by atoms with van der Waals surface area (Å²) < 4.78 is 0. The molecule has 0 aromatic heterocycles. The minimum absolute atomic E-state index is 0.644. The second-order valence-corrected chi connectivity index (χ2v) is 3.81. The second kappa shape index (κ2) is 7.02. The Hall–Kier alpha value is -0.430. The molecule has 0 atom stereocenters. The van der Waals surface area contributed by atoms with Gasteiger partial charge < -0.3 is 0 Å². The topological polar surface area (TPSA) is 0 Å². The van der Waals surface area contributed by atoms with E-state index in [1.807, 2.05) is 13.8 Å². The van der Waals surface area contributed by atoms with Gasteiger partial charge in [-0.1, -0.05) is 39.8 Å². The smallest absolute Gasteiger partial charge is 0.00693 e. The van der Waals surface area contributed by atoms with Crippen molar-refractivity contribution in [3.8, 4) is 0 Å². The van der Waals surface area contributed by atoms with Gasteiger partial charge in [-0.25, -0.2) is 0 Å². The van der Waals surface area contributed by atoms with Gasteiger partial charge in [-0.3, -0.25) is 0 Å². The van der Waals surface area contributed by atoms with Crippen molar-refractivity contribution >= 4 is 11.8 Å². The van der Waals surface area contributed by atoms with Gasteiger partial charge in [0.25, 0.3) is 0 Å². The number of rotatable bonds is 2. The molecule has 74 valence electrons. The Bertz CT molecular complexity index is 211. The Morgan fingerprint density at radius 3 is 1.77 bits per heavy atom. The standard InChI is InChI=1S/C10H14S.C2H6/c1-8(2)9-4-6-10(11-3)7-5-9;1-2/h4-8H,1-3H3;1-2H3. The summed E-state index contributed by atoms with van der Waals surface area (Å²) in [7, 11) is 0. The van der Waals surface area contributed by atoms with E-state index in [0.29, 0.717) is 5.92 Å². The molecule has 0 radical (unpaired) electrons. The molecular formula is C12H20S. The third-order valence-corrected chi connectivity index (χ3v) is 2.53. The maximum atomic E-state index is 2.22. The first kappa shape index (κ1) is 12.6. The predicted octanol–water partition coefficient (Wildman–Crippen LogP) is 4.56. The van der Waals surface area contributed by atoms with Crippen molar-refractivity contribution in [2.24, 2.45) is 0 Å². The van der Waals surface area contributed by atoms with Crippen LogP contribution in [0, 0.1) is 0 Å². The number of benzene rings is 1. The molecule has 0 heterocycles. The lowest BCUT2D eigenvalue weighted by Crippen LogP contribution is -1.85. The van der Waals surface area contributed by atoms with Crippen LogP contribution in [0.25, 0.3) is 0 Å². The van der Waals surface area contributed by atoms with Crippen molar-refractivity contribution in [3.05, 3.63) is 29.8 Å². The van der Waals surface area contributed by atoms with Gasteiger partial charge in [-0.05, 0) is 29.9 Å². The number of thioether (sulfide) groups is 1. The van der Waals surface area contributed by atoms with Crippen LogP contribution in [0.5, 0.6) is 0 Å². The summed E-state index contributed by atoms with van der Waals surface area (Å²) in [5.41, 5.74) is 1.42. The van der Waals surface area contributed by atoms with E-state index in [1.165, 1.54) is 10.5 Å². The van der Waals surface area contributed by atoms with Crippen molar-refractivity contribution in [3.63, 3.8) is 0 Å². The van der Waals surface area contributed by atoms with Gasteiger partial charge in [0.2, 0.25) is 0 Å². The molecule has 0 bridgehead atoms. The third kappa shape index (κ3) is 4.37. The maximum Gasteiger partial charge on any atom is 0.00693 e. The SMILES string of the molecule is CC.CSc1ccc(C(C)C)cc1. The maximum absolute atomic E-state index is 2.22. The molecule has 1 rings (SSSR count). The lowest BCUT2D eigenvalue weighted by Gasteiger charge is -2.04. The summed E-state index contributed by atoms with van der Waals surface area (Å²) in [6, 6.07) is 8.77. The van der Waals surface area contributed by atoms with E-state index >= 15 is 0 Å². The highest BCUT2D eigenvalue weighted by Gasteiger charge is 1.96. The molecule has 0 amide bonds. The summed E-state index contributed by atoms with van der Waals surface area (Å²) in [6.07, 6.45) is 2.10.